The number of hydrogen-bond acceptors (Lipinski definition) is 4. The van der Waals surface area contributed by atoms with Gasteiger partial charge in [-0.1, -0.05) is 6.07 Å². The van der Waals surface area contributed by atoms with Crippen molar-refractivity contribution in [3.63, 3.8) is 0 Å². The van der Waals surface area contributed by atoms with Crippen molar-refractivity contribution in [3.8, 4) is 5.75 Å². The zero-order chi connectivity index (χ0) is 14.1. The standard InChI is InChI=1S/C14H23N3O2/c1-17(9-3-7-15)10-4-8-16-14(19)12-5-2-6-13(18)11-12/h2,5-6,11,18H,3-4,7-10,15H2,1H3,(H,16,19). The van der Waals surface area contributed by atoms with E-state index in [1.54, 1.807) is 18.2 Å². The molecule has 5 heteroatoms. The van der Waals surface area contributed by atoms with E-state index in [0.29, 0.717) is 18.7 Å². The molecule has 1 amide bonds. The number of benzene rings is 1. The minimum Gasteiger partial charge on any atom is -0.508 e. The van der Waals surface area contributed by atoms with Crippen LogP contribution in [0.1, 0.15) is 23.2 Å². The predicted molar refractivity (Wildman–Crippen MR) is 76.2 cm³/mol. The number of nitrogens with one attached hydrogen (secondary N) is 1. The van der Waals surface area contributed by atoms with Gasteiger partial charge in [0.15, 0.2) is 0 Å². The van der Waals surface area contributed by atoms with E-state index in [4.69, 9.17) is 5.73 Å². The lowest BCUT2D eigenvalue weighted by Crippen LogP contribution is -2.29. The predicted octanol–water partition coefficient (Wildman–Crippen LogP) is 0.793. The Kier molecular flexibility index (Phi) is 6.92. The van der Waals surface area contributed by atoms with Crippen molar-refractivity contribution in [1.82, 2.24) is 10.2 Å². The molecular weight excluding hydrogens is 242 g/mol. The fourth-order valence-electron chi connectivity index (χ4n) is 1.77. The zero-order valence-electron chi connectivity index (χ0n) is 11.4. The molecule has 5 nitrogen and oxygen atoms in total. The number of hydrogen-bond donors (Lipinski definition) is 3. The summed E-state index contributed by atoms with van der Waals surface area (Å²) in [4.78, 5) is 14.0. The molecule has 0 saturated heterocycles. The molecule has 19 heavy (non-hydrogen) atoms. The van der Waals surface area contributed by atoms with Crippen LogP contribution in [0.3, 0.4) is 0 Å². The Hall–Kier alpha value is -1.59. The lowest BCUT2D eigenvalue weighted by molar-refractivity contribution is 0.0951. The molecule has 0 aromatic heterocycles. The summed E-state index contributed by atoms with van der Waals surface area (Å²) in [6.07, 6.45) is 1.89. The van der Waals surface area contributed by atoms with Crippen molar-refractivity contribution in [2.75, 3.05) is 33.2 Å². The topological polar surface area (TPSA) is 78.6 Å². The smallest absolute Gasteiger partial charge is 0.251 e. The quantitative estimate of drug-likeness (QED) is 0.607. The van der Waals surface area contributed by atoms with Gasteiger partial charge in [-0.25, -0.2) is 0 Å². The van der Waals surface area contributed by atoms with Gasteiger partial charge in [0.25, 0.3) is 5.91 Å². The van der Waals surface area contributed by atoms with Crippen molar-refractivity contribution >= 4 is 5.91 Å². The molecule has 0 heterocycles. The number of nitrogens with zero attached hydrogens (tertiary/aromatic N) is 1. The second-order valence-corrected chi connectivity index (χ2v) is 4.61. The summed E-state index contributed by atoms with van der Waals surface area (Å²) < 4.78 is 0. The molecule has 0 fully saturated rings. The van der Waals surface area contributed by atoms with Crippen molar-refractivity contribution < 1.29 is 9.90 Å². The summed E-state index contributed by atoms with van der Waals surface area (Å²) in [5.74, 6) is -0.0466. The largest absolute Gasteiger partial charge is 0.508 e. The van der Waals surface area contributed by atoms with Gasteiger partial charge in [0.2, 0.25) is 0 Å². The fraction of sp³-hybridized carbons (Fsp3) is 0.500. The van der Waals surface area contributed by atoms with E-state index in [2.05, 4.69) is 10.2 Å². The number of amides is 1. The van der Waals surface area contributed by atoms with E-state index in [9.17, 15) is 9.90 Å². The number of nitrogens with two attached hydrogens (primary N) is 1. The molecule has 0 radical (unpaired) electrons. The molecule has 0 unspecified atom stereocenters. The molecule has 0 aliphatic carbocycles. The molecule has 106 valence electrons. The van der Waals surface area contributed by atoms with Gasteiger partial charge in [0.05, 0.1) is 0 Å². The Labute approximate surface area is 114 Å². The highest BCUT2D eigenvalue weighted by atomic mass is 16.3. The number of carbonyl (C=O) groups is 1. The molecule has 0 aliphatic rings. The molecule has 4 N–H and O–H groups in total. The average Bonchev–Trinajstić information content (AvgIpc) is 2.41. The molecule has 0 atom stereocenters. The highest BCUT2D eigenvalue weighted by Crippen LogP contribution is 2.10. The first-order valence-corrected chi connectivity index (χ1v) is 6.59. The summed E-state index contributed by atoms with van der Waals surface area (Å²) in [5.41, 5.74) is 5.93. The molecular formula is C14H23N3O2. The monoisotopic (exact) mass is 265 g/mol. The first-order valence-electron chi connectivity index (χ1n) is 6.59. The number of phenolic OH excluding ortho intramolecular Hbond substituents is 1. The number of carbonyl (C=O) groups excluding carboxylic acids is 1. The van der Waals surface area contributed by atoms with Gasteiger partial charge in [-0.15, -0.1) is 0 Å². The Morgan fingerprint density at radius 1 is 1.37 bits per heavy atom. The Bertz CT molecular complexity index is 396. The summed E-state index contributed by atoms with van der Waals surface area (Å²) in [6, 6.07) is 6.35. The summed E-state index contributed by atoms with van der Waals surface area (Å²) in [6.45, 7) is 3.25. The van der Waals surface area contributed by atoms with Crippen LogP contribution in [0.25, 0.3) is 0 Å². The fourth-order valence-corrected chi connectivity index (χ4v) is 1.77. The Balaban J connectivity index is 2.21. The van der Waals surface area contributed by atoms with Crippen LogP contribution in [0.2, 0.25) is 0 Å². The molecule has 0 spiro atoms. The van der Waals surface area contributed by atoms with Crippen molar-refractivity contribution in [2.24, 2.45) is 5.73 Å². The summed E-state index contributed by atoms with van der Waals surface area (Å²) in [7, 11) is 2.05. The van der Waals surface area contributed by atoms with Crippen molar-refractivity contribution in [2.45, 2.75) is 12.8 Å². The lowest BCUT2D eigenvalue weighted by atomic mass is 10.2. The maximum Gasteiger partial charge on any atom is 0.251 e. The van der Waals surface area contributed by atoms with E-state index in [1.807, 2.05) is 7.05 Å². The van der Waals surface area contributed by atoms with Crippen molar-refractivity contribution in [1.29, 1.82) is 0 Å². The van der Waals surface area contributed by atoms with E-state index >= 15 is 0 Å². The van der Waals surface area contributed by atoms with Gasteiger partial charge in [0, 0.05) is 12.1 Å². The first-order chi connectivity index (χ1) is 9.13. The molecule has 0 aliphatic heterocycles. The Morgan fingerprint density at radius 2 is 2.11 bits per heavy atom. The third-order valence-corrected chi connectivity index (χ3v) is 2.85. The van der Waals surface area contributed by atoms with Crippen molar-refractivity contribution in [3.05, 3.63) is 29.8 Å². The summed E-state index contributed by atoms with van der Waals surface area (Å²) in [5, 5.41) is 12.1. The molecule has 1 aromatic carbocycles. The second-order valence-electron chi connectivity index (χ2n) is 4.61. The van der Waals surface area contributed by atoms with E-state index < -0.39 is 0 Å². The minimum atomic E-state index is -0.152. The van der Waals surface area contributed by atoms with E-state index in [1.165, 1.54) is 6.07 Å². The number of rotatable bonds is 8. The normalized spacial score (nSPS) is 10.7. The average molecular weight is 265 g/mol. The van der Waals surface area contributed by atoms with Crippen LogP contribution in [0.4, 0.5) is 0 Å². The third kappa shape index (κ3) is 6.22. The summed E-state index contributed by atoms with van der Waals surface area (Å²) >= 11 is 0. The first kappa shape index (κ1) is 15.5. The zero-order valence-corrected chi connectivity index (χ0v) is 11.4. The maximum absolute atomic E-state index is 11.8. The highest BCUT2D eigenvalue weighted by molar-refractivity contribution is 5.94. The third-order valence-electron chi connectivity index (χ3n) is 2.85. The van der Waals surface area contributed by atoms with Gasteiger partial charge in [-0.2, -0.15) is 0 Å². The van der Waals surface area contributed by atoms with Gasteiger partial charge in [-0.3, -0.25) is 4.79 Å². The second kappa shape index (κ2) is 8.50. The van der Waals surface area contributed by atoms with E-state index in [0.717, 1.165) is 25.9 Å². The molecule has 1 aromatic rings. The Morgan fingerprint density at radius 3 is 2.79 bits per heavy atom. The van der Waals surface area contributed by atoms with Gasteiger partial charge >= 0.3 is 0 Å². The van der Waals surface area contributed by atoms with Gasteiger partial charge in [0.1, 0.15) is 5.75 Å². The lowest BCUT2D eigenvalue weighted by Gasteiger charge is -2.15. The maximum atomic E-state index is 11.8. The van der Waals surface area contributed by atoms with Gasteiger partial charge < -0.3 is 21.1 Å². The molecule has 0 bridgehead atoms. The molecule has 1 rings (SSSR count). The van der Waals surface area contributed by atoms with Gasteiger partial charge in [-0.05, 0) is 57.7 Å². The molecule has 0 saturated carbocycles. The van der Waals surface area contributed by atoms with Crippen LogP contribution in [-0.4, -0.2) is 49.1 Å². The number of aromatic hydroxyl groups is 1. The minimum absolute atomic E-state index is 0.106. The van der Waals surface area contributed by atoms with Crippen LogP contribution >= 0.6 is 0 Å². The number of phenols is 1. The van der Waals surface area contributed by atoms with Crippen LogP contribution in [0.15, 0.2) is 24.3 Å². The van der Waals surface area contributed by atoms with Crippen LogP contribution in [-0.2, 0) is 0 Å². The van der Waals surface area contributed by atoms with E-state index in [-0.39, 0.29) is 11.7 Å². The van der Waals surface area contributed by atoms with Crippen LogP contribution in [0, 0.1) is 0 Å². The SMILES string of the molecule is CN(CCCN)CCCNC(=O)c1cccc(O)c1. The highest BCUT2D eigenvalue weighted by Gasteiger charge is 2.05. The van der Waals surface area contributed by atoms with Crippen LogP contribution in [0.5, 0.6) is 5.75 Å². The van der Waals surface area contributed by atoms with Crippen LogP contribution < -0.4 is 11.1 Å².